The summed E-state index contributed by atoms with van der Waals surface area (Å²) in [7, 11) is 0. The van der Waals surface area contributed by atoms with Crippen LogP contribution in [0.3, 0.4) is 0 Å². The Morgan fingerprint density at radius 2 is 1.83 bits per heavy atom. The smallest absolute Gasteiger partial charge is 0.183 e. The quantitative estimate of drug-likeness (QED) is 0.532. The zero-order valence-corrected chi connectivity index (χ0v) is 14.5. The zero-order chi connectivity index (χ0) is 16.6. The molecule has 0 fully saturated rings. The van der Waals surface area contributed by atoms with Crippen molar-refractivity contribution in [3.05, 3.63) is 58.9 Å². The van der Waals surface area contributed by atoms with Crippen molar-refractivity contribution in [2.45, 2.75) is 33.1 Å². The molecule has 0 amide bonds. The molecule has 0 radical (unpaired) electrons. The highest BCUT2D eigenvalue weighted by atomic mass is 35.5. The summed E-state index contributed by atoms with van der Waals surface area (Å²) in [6, 6.07) is 11.5. The monoisotopic (exact) mass is 326 g/mol. The number of halogens is 1. The van der Waals surface area contributed by atoms with E-state index in [0.29, 0.717) is 5.02 Å². The minimum atomic E-state index is -0.121. The lowest BCUT2D eigenvalue weighted by Gasteiger charge is -2.15. The van der Waals surface area contributed by atoms with Crippen molar-refractivity contribution in [2.24, 2.45) is 10.2 Å². The first-order chi connectivity index (χ1) is 10.9. The number of hydrogen-bond donors (Lipinski definition) is 0. The number of aromatic nitrogens is 2. The van der Waals surface area contributed by atoms with Gasteiger partial charge in [0.15, 0.2) is 5.82 Å². The van der Waals surface area contributed by atoms with Gasteiger partial charge >= 0.3 is 0 Å². The molecule has 2 heterocycles. The number of fused-ring (bicyclic) bond motifs is 1. The van der Waals surface area contributed by atoms with Crippen molar-refractivity contribution in [2.75, 3.05) is 0 Å². The van der Waals surface area contributed by atoms with Crippen LogP contribution >= 0.6 is 11.6 Å². The highest BCUT2D eigenvalue weighted by Gasteiger charge is 2.24. The minimum Gasteiger partial charge on any atom is -0.283 e. The molecule has 5 heteroatoms. The number of hydrogen-bond acceptors (Lipinski definition) is 3. The lowest BCUT2D eigenvalue weighted by molar-refractivity contribution is 0.574. The Hall–Kier alpha value is -2.20. The molecule has 0 unspecified atom stereocenters. The van der Waals surface area contributed by atoms with Crippen LogP contribution in [0.1, 0.15) is 32.0 Å². The molecule has 118 valence electrons. The van der Waals surface area contributed by atoms with Crippen LogP contribution in [-0.2, 0) is 5.41 Å². The number of benzene rings is 1. The number of pyridine rings is 1. The third-order valence-corrected chi connectivity index (χ3v) is 4.12. The van der Waals surface area contributed by atoms with Gasteiger partial charge in [-0.05, 0) is 36.8 Å². The van der Waals surface area contributed by atoms with Crippen molar-refractivity contribution in [3.63, 3.8) is 0 Å². The molecular weight excluding hydrogens is 308 g/mol. The van der Waals surface area contributed by atoms with Crippen molar-refractivity contribution < 1.29 is 0 Å². The summed E-state index contributed by atoms with van der Waals surface area (Å²) in [6.07, 6.45) is 1.96. The van der Waals surface area contributed by atoms with E-state index in [2.05, 4.69) is 31.0 Å². The fourth-order valence-corrected chi connectivity index (χ4v) is 2.56. The van der Waals surface area contributed by atoms with Crippen LogP contribution in [0.25, 0.3) is 5.65 Å². The van der Waals surface area contributed by atoms with E-state index in [9.17, 15) is 0 Å². The van der Waals surface area contributed by atoms with Gasteiger partial charge in [0.05, 0.1) is 11.4 Å². The number of imidazole rings is 1. The Morgan fingerprint density at radius 1 is 1.04 bits per heavy atom. The molecular formula is C18H19ClN4. The Balaban J connectivity index is 2.15. The van der Waals surface area contributed by atoms with Crippen LogP contribution in [0, 0.1) is 6.92 Å². The minimum absolute atomic E-state index is 0.121. The summed E-state index contributed by atoms with van der Waals surface area (Å²) in [5.41, 5.74) is 3.36. The molecule has 0 aliphatic rings. The van der Waals surface area contributed by atoms with Gasteiger partial charge in [0, 0.05) is 16.6 Å². The van der Waals surface area contributed by atoms with Gasteiger partial charge in [-0.25, -0.2) is 4.98 Å². The molecule has 0 spiro atoms. The molecule has 0 aliphatic heterocycles. The number of rotatable bonds is 2. The fourth-order valence-electron chi connectivity index (χ4n) is 2.39. The Kier molecular flexibility index (Phi) is 3.94. The molecule has 2 aromatic heterocycles. The van der Waals surface area contributed by atoms with Gasteiger partial charge in [0.25, 0.3) is 0 Å². The number of nitrogens with zero attached hydrogens (tertiary/aromatic N) is 4. The normalized spacial score (nSPS) is 12.4. The Labute approximate surface area is 140 Å². The molecule has 0 N–H and O–H groups in total. The topological polar surface area (TPSA) is 42.0 Å². The second kappa shape index (κ2) is 5.78. The molecule has 0 atom stereocenters. The van der Waals surface area contributed by atoms with E-state index in [1.165, 1.54) is 0 Å². The third kappa shape index (κ3) is 2.99. The van der Waals surface area contributed by atoms with Crippen LogP contribution in [0.2, 0.25) is 5.02 Å². The summed E-state index contributed by atoms with van der Waals surface area (Å²) in [4.78, 5) is 4.72. The van der Waals surface area contributed by atoms with Crippen molar-refractivity contribution >= 4 is 28.8 Å². The van der Waals surface area contributed by atoms with E-state index in [1.54, 1.807) is 0 Å². The second-order valence-corrected chi connectivity index (χ2v) is 6.95. The van der Waals surface area contributed by atoms with Crippen LogP contribution in [0.4, 0.5) is 11.5 Å². The van der Waals surface area contributed by atoms with Crippen LogP contribution < -0.4 is 0 Å². The maximum absolute atomic E-state index is 6.15. The summed E-state index contributed by atoms with van der Waals surface area (Å²) >= 11 is 6.15. The lowest BCUT2D eigenvalue weighted by Crippen LogP contribution is -2.11. The number of azo groups is 1. The maximum Gasteiger partial charge on any atom is 0.183 e. The highest BCUT2D eigenvalue weighted by Crippen LogP contribution is 2.34. The molecule has 0 saturated carbocycles. The molecule has 4 nitrogen and oxygen atoms in total. The van der Waals surface area contributed by atoms with Gasteiger partial charge in [-0.3, -0.25) is 4.40 Å². The lowest BCUT2D eigenvalue weighted by atomic mass is 9.92. The SMILES string of the molecule is Cc1c(Cl)cccc1N=Nc1c(C(C)(C)C)nc2ccccn12. The van der Waals surface area contributed by atoms with Crippen molar-refractivity contribution in [1.29, 1.82) is 0 Å². The van der Waals surface area contributed by atoms with Crippen molar-refractivity contribution in [1.82, 2.24) is 9.38 Å². The zero-order valence-electron chi connectivity index (χ0n) is 13.7. The van der Waals surface area contributed by atoms with E-state index in [0.717, 1.165) is 28.4 Å². The van der Waals surface area contributed by atoms with E-state index >= 15 is 0 Å². The van der Waals surface area contributed by atoms with E-state index in [1.807, 2.05) is 53.9 Å². The van der Waals surface area contributed by atoms with Gasteiger partial charge in [0.2, 0.25) is 0 Å². The Bertz CT molecular complexity index is 888. The average Bonchev–Trinajstić information content (AvgIpc) is 2.88. The third-order valence-electron chi connectivity index (χ3n) is 3.71. The second-order valence-electron chi connectivity index (χ2n) is 6.55. The van der Waals surface area contributed by atoms with Gasteiger partial charge < -0.3 is 0 Å². The molecule has 3 rings (SSSR count). The van der Waals surface area contributed by atoms with Gasteiger partial charge in [-0.1, -0.05) is 44.5 Å². The summed E-state index contributed by atoms with van der Waals surface area (Å²) in [6.45, 7) is 8.31. The van der Waals surface area contributed by atoms with Crippen LogP contribution in [0.5, 0.6) is 0 Å². The summed E-state index contributed by atoms with van der Waals surface area (Å²) < 4.78 is 1.96. The van der Waals surface area contributed by atoms with Crippen LogP contribution in [-0.4, -0.2) is 9.38 Å². The fraction of sp³-hybridized carbons (Fsp3) is 0.278. The van der Waals surface area contributed by atoms with Gasteiger partial charge in [0.1, 0.15) is 5.65 Å². The predicted molar refractivity (Wildman–Crippen MR) is 94.3 cm³/mol. The first-order valence-electron chi connectivity index (χ1n) is 7.52. The average molecular weight is 327 g/mol. The summed E-state index contributed by atoms with van der Waals surface area (Å²) in [5, 5.41) is 9.60. The van der Waals surface area contributed by atoms with E-state index < -0.39 is 0 Å². The first-order valence-corrected chi connectivity index (χ1v) is 7.90. The van der Waals surface area contributed by atoms with Crippen molar-refractivity contribution in [3.8, 4) is 0 Å². The molecule has 3 aromatic rings. The Morgan fingerprint density at radius 3 is 2.57 bits per heavy atom. The summed E-state index contributed by atoms with van der Waals surface area (Å²) in [5.74, 6) is 0.757. The van der Waals surface area contributed by atoms with E-state index in [4.69, 9.17) is 16.6 Å². The predicted octanol–water partition coefficient (Wildman–Crippen LogP) is 6.01. The molecule has 23 heavy (non-hydrogen) atoms. The first kappa shape index (κ1) is 15.7. The molecule has 0 bridgehead atoms. The molecule has 1 aromatic carbocycles. The molecule has 0 saturated heterocycles. The van der Waals surface area contributed by atoms with Gasteiger partial charge in [-0.15, -0.1) is 10.2 Å². The van der Waals surface area contributed by atoms with Crippen LogP contribution in [0.15, 0.2) is 52.8 Å². The standard InChI is InChI=1S/C18H19ClN4/c1-12-13(19)8-7-9-14(12)21-22-17-16(18(2,3)4)20-15-10-5-6-11-23(15)17/h5-11H,1-4H3. The molecule has 0 aliphatic carbocycles. The highest BCUT2D eigenvalue weighted by molar-refractivity contribution is 6.31. The van der Waals surface area contributed by atoms with Gasteiger partial charge in [-0.2, -0.15) is 0 Å². The van der Waals surface area contributed by atoms with E-state index in [-0.39, 0.29) is 5.41 Å². The largest absolute Gasteiger partial charge is 0.283 e. The maximum atomic E-state index is 6.15.